The van der Waals surface area contributed by atoms with Gasteiger partial charge in [-0.3, -0.25) is 0 Å². The third kappa shape index (κ3) is 10.1. The Morgan fingerprint density at radius 1 is 1.12 bits per heavy atom. The third-order valence-electron chi connectivity index (χ3n) is 2.73. The summed E-state index contributed by atoms with van der Waals surface area (Å²) in [5, 5.41) is 0. The lowest BCUT2D eigenvalue weighted by Gasteiger charge is -2.16. The van der Waals surface area contributed by atoms with E-state index in [1.54, 1.807) is 0 Å². The Bertz CT molecular complexity index is 208. The van der Waals surface area contributed by atoms with Crippen LogP contribution in [0.25, 0.3) is 0 Å². The minimum Gasteiger partial charge on any atom is -0.0988 e. The molecule has 1 atom stereocenters. The minimum absolute atomic E-state index is 0.712. The molecule has 0 radical (unpaired) electrons. The fourth-order valence-corrected chi connectivity index (χ4v) is 1.85. The van der Waals surface area contributed by atoms with E-state index in [1.807, 2.05) is 19.9 Å². The van der Waals surface area contributed by atoms with E-state index in [0.717, 1.165) is 0 Å². The van der Waals surface area contributed by atoms with Crippen molar-refractivity contribution >= 4 is 0 Å². The zero-order valence-electron chi connectivity index (χ0n) is 12.6. The van der Waals surface area contributed by atoms with Crippen molar-refractivity contribution in [3.05, 3.63) is 36.5 Å². The van der Waals surface area contributed by atoms with Crippen LogP contribution >= 0.6 is 0 Å². The number of unbranched alkanes of at least 4 members (excludes halogenated alkanes) is 1. The maximum Gasteiger partial charge on any atom is -0.0162 e. The summed E-state index contributed by atoms with van der Waals surface area (Å²) in [4.78, 5) is 0. The second-order valence-electron chi connectivity index (χ2n) is 4.02. The maximum atomic E-state index is 3.92. The van der Waals surface area contributed by atoms with E-state index in [4.69, 9.17) is 0 Å². The van der Waals surface area contributed by atoms with E-state index in [0.29, 0.717) is 5.92 Å². The smallest absolute Gasteiger partial charge is 0.0162 e. The molecule has 0 N–H and O–H groups in total. The molecule has 1 unspecified atom stereocenters. The first-order valence-electron chi connectivity index (χ1n) is 7.25. The molecule has 0 rings (SSSR count). The molecule has 0 aliphatic rings. The second-order valence-corrected chi connectivity index (χ2v) is 4.02. The van der Waals surface area contributed by atoms with Crippen molar-refractivity contribution in [3.8, 4) is 0 Å². The SMILES string of the molecule is C=C/C(=C\C=C/C)C(CCC)CCCC.CC. The van der Waals surface area contributed by atoms with Gasteiger partial charge < -0.3 is 0 Å². The van der Waals surface area contributed by atoms with Crippen molar-refractivity contribution in [3.63, 3.8) is 0 Å². The lowest BCUT2D eigenvalue weighted by molar-refractivity contribution is 0.496. The van der Waals surface area contributed by atoms with Gasteiger partial charge in [0.05, 0.1) is 0 Å². The minimum atomic E-state index is 0.712. The van der Waals surface area contributed by atoms with E-state index >= 15 is 0 Å². The van der Waals surface area contributed by atoms with Gasteiger partial charge in [0.2, 0.25) is 0 Å². The highest BCUT2D eigenvalue weighted by Gasteiger charge is 2.09. The Kier molecular flexibility index (Phi) is 16.6. The van der Waals surface area contributed by atoms with Gasteiger partial charge in [-0.25, -0.2) is 0 Å². The van der Waals surface area contributed by atoms with Crippen molar-refractivity contribution in [1.29, 1.82) is 0 Å². The lowest BCUT2D eigenvalue weighted by Crippen LogP contribution is -2.02. The molecule has 0 nitrogen and oxygen atoms in total. The Morgan fingerprint density at radius 3 is 2.18 bits per heavy atom. The molecule has 0 saturated carbocycles. The van der Waals surface area contributed by atoms with Crippen molar-refractivity contribution < 1.29 is 0 Å². The summed E-state index contributed by atoms with van der Waals surface area (Å²) < 4.78 is 0. The molecular weight excluding hydrogens is 204 g/mol. The van der Waals surface area contributed by atoms with Crippen molar-refractivity contribution in [2.45, 2.75) is 66.7 Å². The molecule has 0 aliphatic heterocycles. The molecule has 0 spiro atoms. The highest BCUT2D eigenvalue weighted by molar-refractivity contribution is 5.24. The van der Waals surface area contributed by atoms with Gasteiger partial charge in [0.15, 0.2) is 0 Å². The van der Waals surface area contributed by atoms with Crippen molar-refractivity contribution in [1.82, 2.24) is 0 Å². The molecule has 0 aromatic rings. The zero-order chi connectivity index (χ0) is 13.5. The highest BCUT2D eigenvalue weighted by Crippen LogP contribution is 2.24. The first-order valence-corrected chi connectivity index (χ1v) is 7.25. The first kappa shape index (κ1) is 18.6. The van der Waals surface area contributed by atoms with Gasteiger partial charge in [-0.05, 0) is 31.3 Å². The Morgan fingerprint density at radius 2 is 1.76 bits per heavy atom. The van der Waals surface area contributed by atoms with Crippen molar-refractivity contribution in [2.24, 2.45) is 5.92 Å². The van der Waals surface area contributed by atoms with Crippen LogP contribution in [0.1, 0.15) is 66.7 Å². The summed E-state index contributed by atoms with van der Waals surface area (Å²) in [6.45, 7) is 14.5. The highest BCUT2D eigenvalue weighted by atomic mass is 14.1. The fourth-order valence-electron chi connectivity index (χ4n) is 1.85. The Balaban J connectivity index is 0. The zero-order valence-corrected chi connectivity index (χ0v) is 12.6. The number of allylic oxidation sites excluding steroid dienone is 5. The van der Waals surface area contributed by atoms with Gasteiger partial charge in [0, 0.05) is 0 Å². The molecular formula is C17H32. The summed E-state index contributed by atoms with van der Waals surface area (Å²) in [6.07, 6.45) is 14.9. The first-order chi connectivity index (χ1) is 8.29. The topological polar surface area (TPSA) is 0 Å². The fraction of sp³-hybridized carbons (Fsp3) is 0.647. The van der Waals surface area contributed by atoms with Crippen LogP contribution in [0.15, 0.2) is 36.5 Å². The van der Waals surface area contributed by atoms with Crippen molar-refractivity contribution in [2.75, 3.05) is 0 Å². The molecule has 0 aromatic carbocycles. The normalized spacial score (nSPS) is 13.1. The largest absolute Gasteiger partial charge is 0.0988 e. The monoisotopic (exact) mass is 236 g/mol. The van der Waals surface area contributed by atoms with Gasteiger partial charge in [0.25, 0.3) is 0 Å². The molecule has 0 aliphatic carbocycles. The van der Waals surface area contributed by atoms with Crippen LogP contribution in [-0.2, 0) is 0 Å². The van der Waals surface area contributed by atoms with Crippen LogP contribution in [-0.4, -0.2) is 0 Å². The van der Waals surface area contributed by atoms with E-state index in [1.165, 1.54) is 37.7 Å². The van der Waals surface area contributed by atoms with E-state index < -0.39 is 0 Å². The van der Waals surface area contributed by atoms with Crippen LogP contribution in [0.3, 0.4) is 0 Å². The molecule has 0 bridgehead atoms. The van der Waals surface area contributed by atoms with Gasteiger partial charge in [-0.2, -0.15) is 0 Å². The Labute approximate surface area is 110 Å². The van der Waals surface area contributed by atoms with Crippen LogP contribution in [0.4, 0.5) is 0 Å². The second kappa shape index (κ2) is 15.2. The average molecular weight is 236 g/mol. The summed E-state index contributed by atoms with van der Waals surface area (Å²) in [5.41, 5.74) is 1.41. The standard InChI is InChI=1S/C15H26.C2H6/c1-5-9-12-14(8-4)15(11-7-3)13-10-6-2;1-2/h5,8-9,12,15H,4,6-7,10-11,13H2,1-3H3;1-2H3/b9-5-,14-12+;. The van der Waals surface area contributed by atoms with Crippen LogP contribution in [0.2, 0.25) is 0 Å². The summed E-state index contributed by atoms with van der Waals surface area (Å²) in [6, 6.07) is 0. The molecule has 100 valence electrons. The van der Waals surface area contributed by atoms with E-state index in [2.05, 4.69) is 45.6 Å². The molecule has 0 saturated heterocycles. The molecule has 0 amide bonds. The van der Waals surface area contributed by atoms with Crippen LogP contribution in [0, 0.1) is 5.92 Å². The Hall–Kier alpha value is -0.780. The third-order valence-corrected chi connectivity index (χ3v) is 2.73. The number of rotatable bonds is 8. The van der Waals surface area contributed by atoms with Crippen LogP contribution < -0.4 is 0 Å². The van der Waals surface area contributed by atoms with E-state index in [-0.39, 0.29) is 0 Å². The average Bonchev–Trinajstić information content (AvgIpc) is 2.39. The molecule has 0 fully saturated rings. The number of hydrogen-bond acceptors (Lipinski definition) is 0. The van der Waals surface area contributed by atoms with Gasteiger partial charge in [0.1, 0.15) is 0 Å². The lowest BCUT2D eigenvalue weighted by atomic mass is 9.89. The summed E-state index contributed by atoms with van der Waals surface area (Å²) >= 11 is 0. The summed E-state index contributed by atoms with van der Waals surface area (Å²) in [7, 11) is 0. The molecule has 0 aromatic heterocycles. The van der Waals surface area contributed by atoms with Gasteiger partial charge >= 0.3 is 0 Å². The summed E-state index contributed by atoms with van der Waals surface area (Å²) in [5.74, 6) is 0.712. The van der Waals surface area contributed by atoms with Crippen LogP contribution in [0.5, 0.6) is 0 Å². The quantitative estimate of drug-likeness (QED) is 0.433. The molecule has 0 heteroatoms. The molecule has 0 heterocycles. The van der Waals surface area contributed by atoms with Gasteiger partial charge in [-0.15, -0.1) is 0 Å². The molecule has 17 heavy (non-hydrogen) atoms. The van der Waals surface area contributed by atoms with E-state index in [9.17, 15) is 0 Å². The predicted molar refractivity (Wildman–Crippen MR) is 82.4 cm³/mol. The maximum absolute atomic E-state index is 3.92. The predicted octanol–water partition coefficient (Wildman–Crippen LogP) is 6.31. The number of hydrogen-bond donors (Lipinski definition) is 0. The van der Waals surface area contributed by atoms with Gasteiger partial charge in [-0.1, -0.05) is 77.8 Å².